The Morgan fingerprint density at radius 1 is 1.45 bits per heavy atom. The molecule has 2 fully saturated rings. The van der Waals surface area contributed by atoms with Gasteiger partial charge in [-0.3, -0.25) is 4.79 Å². The highest BCUT2D eigenvalue weighted by Crippen LogP contribution is 2.31. The minimum absolute atomic E-state index is 0.182. The zero-order chi connectivity index (χ0) is 7.68. The molecule has 0 aromatic rings. The molecule has 1 aliphatic carbocycles. The molecule has 2 nitrogen and oxygen atoms in total. The van der Waals surface area contributed by atoms with Gasteiger partial charge in [0.15, 0.2) is 5.78 Å². The highest BCUT2D eigenvalue weighted by Gasteiger charge is 2.35. The van der Waals surface area contributed by atoms with Crippen molar-refractivity contribution in [3.8, 4) is 0 Å². The molecule has 0 amide bonds. The molecule has 62 valence electrons. The van der Waals surface area contributed by atoms with Gasteiger partial charge in [0.05, 0.1) is 6.04 Å². The lowest BCUT2D eigenvalue weighted by molar-refractivity contribution is -0.121. The Balaban J connectivity index is 1.86. The molecule has 1 N–H and O–H groups in total. The fourth-order valence-corrected chi connectivity index (χ4v) is 2.35. The summed E-state index contributed by atoms with van der Waals surface area (Å²) in [4.78, 5) is 11.5. The van der Waals surface area contributed by atoms with E-state index in [-0.39, 0.29) is 6.04 Å². The molecule has 11 heavy (non-hydrogen) atoms. The average molecular weight is 171 g/mol. The molecule has 2 rings (SSSR count). The fraction of sp³-hybridized carbons (Fsp3) is 0.875. The monoisotopic (exact) mass is 171 g/mol. The van der Waals surface area contributed by atoms with Gasteiger partial charge >= 0.3 is 0 Å². The number of hydrogen-bond donors (Lipinski definition) is 1. The van der Waals surface area contributed by atoms with Crippen LogP contribution in [0.15, 0.2) is 0 Å². The largest absolute Gasteiger partial charge is 0.306 e. The van der Waals surface area contributed by atoms with E-state index in [2.05, 4.69) is 5.32 Å². The second-order valence-electron chi connectivity index (χ2n) is 3.26. The van der Waals surface area contributed by atoms with Crippen LogP contribution in [0.2, 0.25) is 0 Å². The number of Topliss-reactive ketones (excluding diaryl/α,β-unsaturated/α-hetero) is 1. The van der Waals surface area contributed by atoms with Gasteiger partial charge in [0, 0.05) is 24.0 Å². The van der Waals surface area contributed by atoms with Gasteiger partial charge in [-0.2, -0.15) is 11.8 Å². The lowest BCUT2D eigenvalue weighted by Crippen LogP contribution is -2.44. The second-order valence-corrected chi connectivity index (χ2v) is 4.41. The Morgan fingerprint density at radius 3 is 2.82 bits per heavy atom. The number of rotatable bonds is 2. The first-order valence-corrected chi connectivity index (χ1v) is 5.38. The van der Waals surface area contributed by atoms with E-state index in [1.54, 1.807) is 0 Å². The zero-order valence-corrected chi connectivity index (χ0v) is 7.32. The number of nitrogens with one attached hydrogen (secondary N) is 1. The maximum absolute atomic E-state index is 11.5. The standard InChI is InChI=1S/C8H13NOS/c10-8(6-1-2-6)7-5-11-4-3-9-7/h6-7,9H,1-5H2. The summed E-state index contributed by atoms with van der Waals surface area (Å²) in [6.07, 6.45) is 2.28. The Hall–Kier alpha value is -0.0200. The molecule has 0 radical (unpaired) electrons. The van der Waals surface area contributed by atoms with E-state index in [1.807, 2.05) is 11.8 Å². The fourth-order valence-electron chi connectivity index (χ4n) is 1.40. The molecule has 0 aromatic carbocycles. The molecule has 1 unspecified atom stereocenters. The van der Waals surface area contributed by atoms with Crippen LogP contribution in [0, 0.1) is 5.92 Å². The molecule has 0 aromatic heterocycles. The zero-order valence-electron chi connectivity index (χ0n) is 6.51. The van der Waals surface area contributed by atoms with E-state index in [1.165, 1.54) is 0 Å². The number of hydrogen-bond acceptors (Lipinski definition) is 3. The molecule has 1 heterocycles. The van der Waals surface area contributed by atoms with Crippen LogP contribution >= 0.6 is 11.8 Å². The summed E-state index contributed by atoms with van der Waals surface area (Å²) in [5.74, 6) is 3.05. The van der Waals surface area contributed by atoms with Crippen LogP contribution in [0.25, 0.3) is 0 Å². The van der Waals surface area contributed by atoms with Gasteiger partial charge in [-0.15, -0.1) is 0 Å². The third kappa shape index (κ3) is 1.76. The van der Waals surface area contributed by atoms with Gasteiger partial charge in [-0.05, 0) is 12.8 Å². The predicted molar refractivity (Wildman–Crippen MR) is 46.8 cm³/mol. The van der Waals surface area contributed by atoms with Crippen molar-refractivity contribution in [3.63, 3.8) is 0 Å². The van der Waals surface area contributed by atoms with Crippen LogP contribution < -0.4 is 5.32 Å². The number of carbonyl (C=O) groups excluding carboxylic acids is 1. The summed E-state index contributed by atoms with van der Waals surface area (Å²) in [6, 6.07) is 0.182. The number of thioether (sulfide) groups is 1. The normalized spacial score (nSPS) is 31.8. The van der Waals surface area contributed by atoms with Gasteiger partial charge in [-0.1, -0.05) is 0 Å². The molecular formula is C8H13NOS. The molecule has 1 saturated heterocycles. The average Bonchev–Trinajstić information content (AvgIpc) is 2.87. The van der Waals surface area contributed by atoms with E-state index < -0.39 is 0 Å². The first-order chi connectivity index (χ1) is 5.38. The quantitative estimate of drug-likeness (QED) is 0.662. The molecule has 2 aliphatic rings. The number of ketones is 1. The molecular weight excluding hydrogens is 158 g/mol. The van der Waals surface area contributed by atoms with E-state index in [0.29, 0.717) is 11.7 Å². The van der Waals surface area contributed by atoms with Crippen molar-refractivity contribution in [2.24, 2.45) is 5.92 Å². The lowest BCUT2D eigenvalue weighted by Gasteiger charge is -2.21. The predicted octanol–water partition coefficient (Wildman–Crippen LogP) is 0.670. The first kappa shape index (κ1) is 7.62. The lowest BCUT2D eigenvalue weighted by atomic mass is 10.1. The Morgan fingerprint density at radius 2 is 2.27 bits per heavy atom. The maximum Gasteiger partial charge on any atom is 0.153 e. The topological polar surface area (TPSA) is 29.1 Å². The van der Waals surface area contributed by atoms with Gasteiger partial charge in [-0.25, -0.2) is 0 Å². The summed E-state index contributed by atoms with van der Waals surface area (Å²) in [6.45, 7) is 1.01. The van der Waals surface area contributed by atoms with E-state index in [0.717, 1.165) is 30.9 Å². The van der Waals surface area contributed by atoms with Crippen molar-refractivity contribution in [3.05, 3.63) is 0 Å². The summed E-state index contributed by atoms with van der Waals surface area (Å²) in [5, 5.41) is 3.27. The summed E-state index contributed by atoms with van der Waals surface area (Å²) < 4.78 is 0. The SMILES string of the molecule is O=C(C1CC1)C1CSCCN1. The van der Waals surface area contributed by atoms with Crippen molar-refractivity contribution in [2.75, 3.05) is 18.1 Å². The Bertz CT molecular complexity index is 161. The van der Waals surface area contributed by atoms with Gasteiger partial charge in [0.2, 0.25) is 0 Å². The molecule has 1 saturated carbocycles. The minimum Gasteiger partial charge on any atom is -0.306 e. The van der Waals surface area contributed by atoms with Crippen molar-refractivity contribution < 1.29 is 4.79 Å². The van der Waals surface area contributed by atoms with Crippen molar-refractivity contribution >= 4 is 17.5 Å². The summed E-state index contributed by atoms with van der Waals surface area (Å²) >= 11 is 1.89. The van der Waals surface area contributed by atoms with Crippen LogP contribution in [0.4, 0.5) is 0 Å². The van der Waals surface area contributed by atoms with E-state index in [4.69, 9.17) is 0 Å². The van der Waals surface area contributed by atoms with Crippen LogP contribution in [-0.2, 0) is 4.79 Å². The summed E-state index contributed by atoms with van der Waals surface area (Å²) in [5.41, 5.74) is 0. The first-order valence-electron chi connectivity index (χ1n) is 4.23. The van der Waals surface area contributed by atoms with Crippen LogP contribution in [0.5, 0.6) is 0 Å². The molecule has 3 heteroatoms. The van der Waals surface area contributed by atoms with Gasteiger partial charge in [0.1, 0.15) is 0 Å². The minimum atomic E-state index is 0.182. The third-order valence-corrected chi connectivity index (χ3v) is 3.31. The smallest absolute Gasteiger partial charge is 0.153 e. The third-order valence-electron chi connectivity index (χ3n) is 2.24. The van der Waals surface area contributed by atoms with Crippen LogP contribution in [0.1, 0.15) is 12.8 Å². The maximum atomic E-state index is 11.5. The molecule has 0 spiro atoms. The Labute approximate surface area is 71.1 Å². The van der Waals surface area contributed by atoms with Gasteiger partial charge < -0.3 is 5.32 Å². The second kappa shape index (κ2) is 3.15. The van der Waals surface area contributed by atoms with Crippen LogP contribution in [-0.4, -0.2) is 29.9 Å². The van der Waals surface area contributed by atoms with E-state index >= 15 is 0 Å². The molecule has 0 bridgehead atoms. The highest BCUT2D eigenvalue weighted by atomic mass is 32.2. The van der Waals surface area contributed by atoms with Crippen molar-refractivity contribution in [2.45, 2.75) is 18.9 Å². The number of carbonyl (C=O) groups is 1. The van der Waals surface area contributed by atoms with Crippen molar-refractivity contribution in [1.29, 1.82) is 0 Å². The van der Waals surface area contributed by atoms with Gasteiger partial charge in [0.25, 0.3) is 0 Å². The Kier molecular flexibility index (Phi) is 2.18. The highest BCUT2D eigenvalue weighted by molar-refractivity contribution is 7.99. The molecule has 1 atom stereocenters. The van der Waals surface area contributed by atoms with Crippen molar-refractivity contribution in [1.82, 2.24) is 5.32 Å². The summed E-state index contributed by atoms with van der Waals surface area (Å²) in [7, 11) is 0. The van der Waals surface area contributed by atoms with Crippen LogP contribution in [0.3, 0.4) is 0 Å². The molecule has 1 aliphatic heterocycles. The van der Waals surface area contributed by atoms with E-state index in [9.17, 15) is 4.79 Å².